The summed E-state index contributed by atoms with van der Waals surface area (Å²) in [5.41, 5.74) is 0.414. The molecule has 2 fully saturated rings. The van der Waals surface area contributed by atoms with Gasteiger partial charge >= 0.3 is 0 Å². The maximum absolute atomic E-state index is 5.43. The Bertz CT molecular complexity index is 192. The monoisotopic (exact) mass is 212 g/mol. The lowest BCUT2D eigenvalue weighted by Gasteiger charge is -2.40. The van der Waals surface area contributed by atoms with Crippen LogP contribution in [0.5, 0.6) is 0 Å². The Morgan fingerprint density at radius 1 is 1.33 bits per heavy atom. The summed E-state index contributed by atoms with van der Waals surface area (Å²) in [5.74, 6) is 0. The second kappa shape index (κ2) is 4.81. The Hall–Kier alpha value is -0.120. The van der Waals surface area contributed by atoms with E-state index in [1.165, 1.54) is 32.2 Å². The van der Waals surface area contributed by atoms with E-state index in [0.29, 0.717) is 5.41 Å². The van der Waals surface area contributed by atoms with Gasteiger partial charge in [0.1, 0.15) is 0 Å². The van der Waals surface area contributed by atoms with Crippen molar-refractivity contribution in [3.05, 3.63) is 0 Å². The molecule has 0 aromatic carbocycles. The highest BCUT2D eigenvalue weighted by molar-refractivity contribution is 4.91. The van der Waals surface area contributed by atoms with Crippen molar-refractivity contribution in [1.29, 1.82) is 0 Å². The summed E-state index contributed by atoms with van der Waals surface area (Å²) in [6.07, 6.45) is 5.32. The van der Waals surface area contributed by atoms with E-state index in [1.807, 2.05) is 7.11 Å². The Balaban J connectivity index is 1.90. The van der Waals surface area contributed by atoms with Crippen LogP contribution in [0.25, 0.3) is 0 Å². The normalized spacial score (nSPS) is 25.8. The first-order chi connectivity index (χ1) is 7.26. The van der Waals surface area contributed by atoms with Crippen LogP contribution in [0.2, 0.25) is 0 Å². The topological polar surface area (TPSA) is 24.5 Å². The highest BCUT2D eigenvalue weighted by Gasteiger charge is 2.36. The van der Waals surface area contributed by atoms with Gasteiger partial charge in [-0.25, -0.2) is 0 Å². The van der Waals surface area contributed by atoms with Crippen LogP contribution in [0, 0.1) is 5.41 Å². The van der Waals surface area contributed by atoms with Gasteiger partial charge in [0, 0.05) is 25.1 Å². The van der Waals surface area contributed by atoms with E-state index in [0.717, 1.165) is 25.7 Å². The molecule has 0 aromatic rings. The molecule has 1 saturated carbocycles. The van der Waals surface area contributed by atoms with Gasteiger partial charge in [0.25, 0.3) is 0 Å². The molecule has 1 aliphatic heterocycles. The quantitative estimate of drug-likeness (QED) is 0.738. The van der Waals surface area contributed by atoms with Crippen LogP contribution in [0.15, 0.2) is 0 Å². The van der Waals surface area contributed by atoms with Crippen molar-refractivity contribution in [2.45, 2.75) is 31.7 Å². The third kappa shape index (κ3) is 2.92. The third-order valence-corrected chi connectivity index (χ3v) is 3.87. The van der Waals surface area contributed by atoms with E-state index in [4.69, 9.17) is 4.74 Å². The molecule has 0 unspecified atom stereocenters. The van der Waals surface area contributed by atoms with E-state index in [-0.39, 0.29) is 0 Å². The fourth-order valence-electron chi connectivity index (χ4n) is 2.78. The van der Waals surface area contributed by atoms with Gasteiger partial charge in [0.15, 0.2) is 0 Å². The zero-order valence-corrected chi connectivity index (χ0v) is 10.1. The van der Waals surface area contributed by atoms with Crippen molar-refractivity contribution in [3.8, 4) is 0 Å². The zero-order valence-electron chi connectivity index (χ0n) is 10.1. The van der Waals surface area contributed by atoms with Gasteiger partial charge < -0.3 is 15.0 Å². The van der Waals surface area contributed by atoms with E-state index >= 15 is 0 Å². The molecule has 1 aliphatic carbocycles. The highest BCUT2D eigenvalue weighted by Crippen LogP contribution is 2.34. The first-order valence-corrected chi connectivity index (χ1v) is 6.16. The summed E-state index contributed by atoms with van der Waals surface area (Å²) in [6, 6.07) is 0.869. The molecule has 0 aromatic heterocycles. The van der Waals surface area contributed by atoms with Crippen LogP contribution in [-0.4, -0.2) is 51.3 Å². The van der Waals surface area contributed by atoms with Crippen LogP contribution in [0.3, 0.4) is 0 Å². The summed E-state index contributed by atoms with van der Waals surface area (Å²) >= 11 is 0. The predicted octanol–water partition coefficient (Wildman–Crippen LogP) is 1.10. The molecular weight excluding hydrogens is 188 g/mol. The van der Waals surface area contributed by atoms with Gasteiger partial charge in [0.05, 0.1) is 6.61 Å². The smallest absolute Gasteiger partial charge is 0.0531 e. The van der Waals surface area contributed by atoms with Gasteiger partial charge in [-0.05, 0) is 45.8 Å². The summed E-state index contributed by atoms with van der Waals surface area (Å²) in [6.45, 7) is 4.45. The molecule has 1 saturated heterocycles. The summed E-state index contributed by atoms with van der Waals surface area (Å²) < 4.78 is 5.43. The van der Waals surface area contributed by atoms with Gasteiger partial charge in [0.2, 0.25) is 0 Å². The number of rotatable bonds is 5. The van der Waals surface area contributed by atoms with Gasteiger partial charge in [-0.2, -0.15) is 0 Å². The van der Waals surface area contributed by atoms with Crippen LogP contribution < -0.4 is 5.32 Å². The second-order valence-electron chi connectivity index (χ2n) is 5.33. The van der Waals surface area contributed by atoms with Crippen LogP contribution in [-0.2, 0) is 4.74 Å². The van der Waals surface area contributed by atoms with Crippen molar-refractivity contribution >= 4 is 0 Å². The minimum absolute atomic E-state index is 0.414. The molecule has 0 amide bonds. The molecule has 0 spiro atoms. The molecular formula is C12H24N2O. The molecule has 1 heterocycles. The molecule has 0 bridgehead atoms. The number of ether oxygens (including phenoxy) is 1. The number of hydrogen-bond donors (Lipinski definition) is 1. The first-order valence-electron chi connectivity index (χ1n) is 6.16. The number of nitrogens with zero attached hydrogens (tertiary/aromatic N) is 1. The third-order valence-electron chi connectivity index (χ3n) is 3.87. The summed E-state index contributed by atoms with van der Waals surface area (Å²) in [5, 5.41) is 3.44. The van der Waals surface area contributed by atoms with Gasteiger partial charge in [-0.3, -0.25) is 0 Å². The molecule has 15 heavy (non-hydrogen) atoms. The molecule has 2 aliphatic rings. The first kappa shape index (κ1) is 11.4. The van der Waals surface area contributed by atoms with E-state index in [2.05, 4.69) is 17.3 Å². The summed E-state index contributed by atoms with van der Waals surface area (Å²) in [7, 11) is 4.11. The molecule has 1 N–H and O–H groups in total. The highest BCUT2D eigenvalue weighted by atomic mass is 16.5. The Morgan fingerprint density at radius 2 is 2.00 bits per heavy atom. The van der Waals surface area contributed by atoms with Crippen LogP contribution in [0.4, 0.5) is 0 Å². The second-order valence-corrected chi connectivity index (χ2v) is 5.33. The molecule has 0 atom stereocenters. The van der Waals surface area contributed by atoms with Crippen LogP contribution in [0.1, 0.15) is 25.7 Å². The Kier molecular flexibility index (Phi) is 3.65. The zero-order chi connectivity index (χ0) is 10.7. The minimum atomic E-state index is 0.414. The van der Waals surface area contributed by atoms with Crippen LogP contribution >= 0.6 is 0 Å². The average molecular weight is 212 g/mol. The predicted molar refractivity (Wildman–Crippen MR) is 62.1 cm³/mol. The molecule has 0 radical (unpaired) electrons. The number of hydrogen-bond acceptors (Lipinski definition) is 3. The van der Waals surface area contributed by atoms with Crippen molar-refractivity contribution < 1.29 is 4.74 Å². The molecule has 2 rings (SSSR count). The lowest BCUT2D eigenvalue weighted by atomic mass is 9.79. The molecule has 3 nitrogen and oxygen atoms in total. The number of piperidine rings is 1. The molecule has 3 heteroatoms. The van der Waals surface area contributed by atoms with Gasteiger partial charge in [-0.15, -0.1) is 0 Å². The van der Waals surface area contributed by atoms with E-state index in [9.17, 15) is 0 Å². The maximum Gasteiger partial charge on any atom is 0.0531 e. The van der Waals surface area contributed by atoms with Crippen molar-refractivity contribution in [2.24, 2.45) is 5.41 Å². The Labute approximate surface area is 93.2 Å². The van der Waals surface area contributed by atoms with E-state index in [1.54, 1.807) is 0 Å². The van der Waals surface area contributed by atoms with Crippen molar-refractivity contribution in [2.75, 3.05) is 40.4 Å². The standard InChI is InChI=1S/C12H24N2O/c1-14(11-3-4-11)9-12(10-15-2)5-7-13-8-6-12/h11,13H,3-10H2,1-2H3. The lowest BCUT2D eigenvalue weighted by Crippen LogP contribution is -2.46. The number of nitrogens with one attached hydrogen (secondary N) is 1. The van der Waals surface area contributed by atoms with E-state index < -0.39 is 0 Å². The number of methoxy groups -OCH3 is 1. The fourth-order valence-corrected chi connectivity index (χ4v) is 2.78. The van der Waals surface area contributed by atoms with Crippen molar-refractivity contribution in [1.82, 2.24) is 10.2 Å². The van der Waals surface area contributed by atoms with Gasteiger partial charge in [-0.1, -0.05) is 0 Å². The fraction of sp³-hybridized carbons (Fsp3) is 1.00. The van der Waals surface area contributed by atoms with Crippen molar-refractivity contribution in [3.63, 3.8) is 0 Å². The lowest BCUT2D eigenvalue weighted by molar-refractivity contribution is 0.0268. The maximum atomic E-state index is 5.43. The average Bonchev–Trinajstić information content (AvgIpc) is 3.02. The summed E-state index contributed by atoms with van der Waals surface area (Å²) in [4.78, 5) is 2.55. The molecule has 88 valence electrons. The minimum Gasteiger partial charge on any atom is -0.384 e. The Morgan fingerprint density at radius 3 is 2.53 bits per heavy atom. The largest absolute Gasteiger partial charge is 0.384 e. The SMILES string of the molecule is COCC1(CN(C)C2CC2)CCNCC1.